The number of ether oxygens (including phenoxy) is 4. The smallest absolute Gasteiger partial charge is 0.311 e. The summed E-state index contributed by atoms with van der Waals surface area (Å²) in [5.41, 5.74) is -1.40. The van der Waals surface area contributed by atoms with Crippen molar-refractivity contribution in [3.8, 4) is 0 Å². The molecule has 0 spiro atoms. The Balaban J connectivity index is 1.35. The van der Waals surface area contributed by atoms with Gasteiger partial charge in [0.25, 0.3) is 0 Å². The van der Waals surface area contributed by atoms with Crippen LogP contribution in [0.2, 0.25) is 0 Å². The predicted molar refractivity (Wildman–Crippen MR) is 170 cm³/mol. The van der Waals surface area contributed by atoms with Crippen molar-refractivity contribution in [3.05, 3.63) is 60.2 Å². The molecule has 3 aromatic rings. The molecule has 1 aliphatic heterocycles. The van der Waals surface area contributed by atoms with E-state index in [2.05, 4.69) is 23.4 Å². The summed E-state index contributed by atoms with van der Waals surface area (Å²) in [6.07, 6.45) is 2.19. The van der Waals surface area contributed by atoms with Gasteiger partial charge in [0.15, 0.2) is 6.61 Å². The van der Waals surface area contributed by atoms with Gasteiger partial charge in [0.2, 0.25) is 0 Å². The maximum atomic E-state index is 13.2. The maximum Gasteiger partial charge on any atom is 0.311 e. The number of rotatable bonds is 17. The second-order valence-electron chi connectivity index (χ2n) is 12.3. The number of aliphatic hydroxyl groups is 1. The number of esters is 3. The summed E-state index contributed by atoms with van der Waals surface area (Å²) >= 11 is 0. The van der Waals surface area contributed by atoms with Gasteiger partial charge in [0.1, 0.15) is 25.9 Å². The fraction of sp³-hybridized carbons (Fsp3) is 0.486. The largest absolute Gasteiger partial charge is 0.463 e. The number of carbonyl (C=O) groups excluding carboxylic acids is 3. The van der Waals surface area contributed by atoms with E-state index >= 15 is 0 Å². The molecule has 1 aliphatic rings. The van der Waals surface area contributed by atoms with Crippen LogP contribution in [-0.2, 0) is 38.2 Å². The first kappa shape index (κ1) is 33.9. The van der Waals surface area contributed by atoms with Crippen LogP contribution in [0.1, 0.15) is 52.5 Å². The number of fused-ring (bicyclic) bond motifs is 2. The Kier molecular flexibility index (Phi) is 11.5. The number of aliphatic hydroxyl groups excluding tert-OH is 1. The molecule has 0 bridgehead atoms. The van der Waals surface area contributed by atoms with Crippen molar-refractivity contribution < 1.29 is 43.3 Å². The molecule has 242 valence electrons. The first-order valence-corrected chi connectivity index (χ1v) is 15.4. The van der Waals surface area contributed by atoms with Crippen LogP contribution >= 0.6 is 0 Å². The number of benzene rings is 3. The monoisotopic (exact) mass is 621 g/mol. The van der Waals surface area contributed by atoms with Gasteiger partial charge in [-0.3, -0.25) is 14.4 Å². The molecule has 0 aliphatic carbocycles. The van der Waals surface area contributed by atoms with E-state index in [4.69, 9.17) is 23.8 Å². The van der Waals surface area contributed by atoms with Gasteiger partial charge >= 0.3 is 17.9 Å². The predicted octanol–water partition coefficient (Wildman–Crippen LogP) is 5.20. The van der Waals surface area contributed by atoms with E-state index in [0.717, 1.165) is 27.1 Å². The minimum atomic E-state index is -1.23. The minimum absolute atomic E-state index is 0.0330. The highest BCUT2D eigenvalue weighted by Crippen LogP contribution is 2.41. The van der Waals surface area contributed by atoms with Gasteiger partial charge < -0.3 is 28.9 Å². The molecule has 0 radical (unpaired) electrons. The van der Waals surface area contributed by atoms with Crippen molar-refractivity contribution in [1.82, 2.24) is 0 Å². The SMILES string of the molecule is CCC(CC(C)(CC(C)(C)C(=O)OCCON=Cc1c2ccccc2cc2ccccc12)C(=O)OCCO)C(=O)OCC1CO1. The van der Waals surface area contributed by atoms with Gasteiger partial charge in [-0.05, 0) is 67.6 Å². The second kappa shape index (κ2) is 15.3. The fourth-order valence-electron chi connectivity index (χ4n) is 5.68. The molecule has 45 heavy (non-hydrogen) atoms. The molecule has 1 heterocycles. The van der Waals surface area contributed by atoms with Crippen molar-refractivity contribution >= 4 is 45.7 Å². The molecule has 10 nitrogen and oxygen atoms in total. The summed E-state index contributed by atoms with van der Waals surface area (Å²) in [7, 11) is 0. The van der Waals surface area contributed by atoms with Crippen LogP contribution in [0.25, 0.3) is 21.5 Å². The van der Waals surface area contributed by atoms with E-state index in [9.17, 15) is 19.5 Å². The third-order valence-corrected chi connectivity index (χ3v) is 8.02. The number of oxime groups is 1. The Morgan fingerprint density at radius 1 is 0.956 bits per heavy atom. The van der Waals surface area contributed by atoms with Crippen molar-refractivity contribution in [3.63, 3.8) is 0 Å². The van der Waals surface area contributed by atoms with Crippen molar-refractivity contribution in [1.29, 1.82) is 0 Å². The average molecular weight is 622 g/mol. The van der Waals surface area contributed by atoms with Crippen LogP contribution in [0, 0.1) is 16.7 Å². The van der Waals surface area contributed by atoms with E-state index in [-0.39, 0.29) is 52.0 Å². The van der Waals surface area contributed by atoms with Crippen LogP contribution < -0.4 is 0 Å². The normalized spacial score (nSPS) is 16.7. The molecular formula is C35H43NO9. The lowest BCUT2D eigenvalue weighted by atomic mass is 9.69. The van der Waals surface area contributed by atoms with E-state index in [1.165, 1.54) is 0 Å². The molecule has 1 N–H and O–H groups in total. The number of epoxide rings is 1. The van der Waals surface area contributed by atoms with Gasteiger partial charge in [0, 0.05) is 5.56 Å². The quantitative estimate of drug-likeness (QED) is 0.0411. The molecule has 0 amide bonds. The number of nitrogens with zero attached hydrogens (tertiary/aromatic N) is 1. The van der Waals surface area contributed by atoms with Gasteiger partial charge in [-0.25, -0.2) is 0 Å². The van der Waals surface area contributed by atoms with E-state index in [1.807, 2.05) is 43.3 Å². The van der Waals surface area contributed by atoms with E-state index in [1.54, 1.807) is 27.0 Å². The van der Waals surface area contributed by atoms with Crippen molar-refractivity contribution in [2.75, 3.05) is 39.6 Å². The second-order valence-corrected chi connectivity index (χ2v) is 12.3. The van der Waals surface area contributed by atoms with E-state index < -0.39 is 34.7 Å². The summed E-state index contributed by atoms with van der Waals surface area (Å²) in [5.74, 6) is -2.15. The number of hydrogen-bond acceptors (Lipinski definition) is 10. The average Bonchev–Trinajstić information content (AvgIpc) is 3.86. The van der Waals surface area contributed by atoms with Crippen LogP contribution in [0.3, 0.4) is 0 Å². The molecule has 3 unspecified atom stereocenters. The third kappa shape index (κ3) is 9.02. The Morgan fingerprint density at radius 3 is 2.18 bits per heavy atom. The number of carbonyl (C=O) groups is 3. The molecule has 0 saturated carbocycles. The summed E-state index contributed by atoms with van der Waals surface area (Å²) < 4.78 is 21.3. The van der Waals surface area contributed by atoms with Crippen molar-refractivity contribution in [2.45, 2.75) is 53.1 Å². The fourth-order valence-corrected chi connectivity index (χ4v) is 5.68. The molecule has 4 rings (SSSR count). The Labute approximate surface area is 263 Å². The first-order valence-electron chi connectivity index (χ1n) is 15.4. The lowest BCUT2D eigenvalue weighted by Crippen LogP contribution is -2.41. The molecule has 3 aromatic carbocycles. The molecule has 1 fully saturated rings. The van der Waals surface area contributed by atoms with Gasteiger partial charge in [0.05, 0.1) is 36.2 Å². The molecular weight excluding hydrogens is 578 g/mol. The maximum absolute atomic E-state index is 13.2. The van der Waals surface area contributed by atoms with E-state index in [0.29, 0.717) is 13.0 Å². The van der Waals surface area contributed by atoms with Crippen LogP contribution in [0.4, 0.5) is 0 Å². The third-order valence-electron chi connectivity index (χ3n) is 8.02. The summed E-state index contributed by atoms with van der Waals surface area (Å²) in [6.45, 7) is 7.05. The van der Waals surface area contributed by atoms with Gasteiger partial charge in [-0.15, -0.1) is 0 Å². The standard InChI is InChI=1S/C35H43NO9/c1-5-24(31(38)44-22-27-21-43-27)19-35(4,33(40)41-15-14-37)23-34(2,3)32(39)42-16-17-45-36-20-30-28-12-8-6-10-25(28)18-26-11-7-9-13-29(26)30/h6-13,18,20,24,27,37H,5,14-17,19,21-23H2,1-4H3. The highest BCUT2D eigenvalue weighted by molar-refractivity contribution is 6.13. The summed E-state index contributed by atoms with van der Waals surface area (Å²) in [4.78, 5) is 44.6. The van der Waals surface area contributed by atoms with Crippen molar-refractivity contribution in [2.24, 2.45) is 21.9 Å². The lowest BCUT2D eigenvalue weighted by molar-refractivity contribution is -0.166. The first-order chi connectivity index (χ1) is 21.6. The lowest BCUT2D eigenvalue weighted by Gasteiger charge is -2.36. The summed E-state index contributed by atoms with van der Waals surface area (Å²) in [5, 5.41) is 17.6. The zero-order valence-electron chi connectivity index (χ0n) is 26.5. The van der Waals surface area contributed by atoms with Crippen LogP contribution in [0.5, 0.6) is 0 Å². The van der Waals surface area contributed by atoms with Gasteiger partial charge in [-0.1, -0.05) is 60.6 Å². The Hall–Kier alpha value is -4.02. The molecule has 1 saturated heterocycles. The van der Waals surface area contributed by atoms with Crippen LogP contribution in [0.15, 0.2) is 59.8 Å². The minimum Gasteiger partial charge on any atom is -0.463 e. The topological polar surface area (TPSA) is 133 Å². The van der Waals surface area contributed by atoms with Gasteiger partial charge in [-0.2, -0.15) is 0 Å². The summed E-state index contributed by atoms with van der Waals surface area (Å²) in [6, 6.07) is 18.3. The molecule has 3 atom stereocenters. The zero-order chi connectivity index (χ0) is 32.5. The highest BCUT2D eigenvalue weighted by atomic mass is 16.6. The molecule has 10 heteroatoms. The zero-order valence-corrected chi connectivity index (χ0v) is 26.5. The highest BCUT2D eigenvalue weighted by Gasteiger charge is 2.46. The van der Waals surface area contributed by atoms with Crippen LogP contribution in [-0.4, -0.2) is 75.0 Å². The Bertz CT molecular complexity index is 1460. The number of hydrogen-bond donors (Lipinski definition) is 1. The Morgan fingerprint density at radius 2 is 1.58 bits per heavy atom. The molecule has 0 aromatic heterocycles.